The highest BCUT2D eigenvalue weighted by atomic mass is 32.2. The molecule has 118 valence electrons. The monoisotopic (exact) mass is 325 g/mol. The fourth-order valence-corrected chi connectivity index (χ4v) is 2.48. The zero-order valence-corrected chi connectivity index (χ0v) is 12.9. The number of benzene rings is 1. The van der Waals surface area contributed by atoms with E-state index in [0.717, 1.165) is 18.6 Å². The number of halogens is 2. The molecule has 0 saturated carbocycles. The lowest BCUT2D eigenvalue weighted by Crippen LogP contribution is -2.32. The van der Waals surface area contributed by atoms with Crippen LogP contribution in [0.25, 0.3) is 0 Å². The van der Waals surface area contributed by atoms with E-state index in [2.05, 4.69) is 5.32 Å². The van der Waals surface area contributed by atoms with Crippen LogP contribution in [-0.4, -0.2) is 17.7 Å². The van der Waals surface area contributed by atoms with Gasteiger partial charge in [0.15, 0.2) is 0 Å². The average molecular weight is 325 g/mol. The van der Waals surface area contributed by atoms with Gasteiger partial charge >= 0.3 is 0 Å². The summed E-state index contributed by atoms with van der Waals surface area (Å²) in [6.07, 6.45) is 3.13. The molecule has 1 amide bonds. The Morgan fingerprint density at radius 2 is 2.00 bits per heavy atom. The molecule has 1 aromatic carbocycles. The lowest BCUT2D eigenvalue weighted by Gasteiger charge is -2.13. The van der Waals surface area contributed by atoms with E-state index in [-0.39, 0.29) is 11.9 Å². The van der Waals surface area contributed by atoms with Gasteiger partial charge in [-0.2, -0.15) is 8.78 Å². The molecule has 22 heavy (non-hydrogen) atoms. The number of amides is 1. The van der Waals surface area contributed by atoms with Gasteiger partial charge in [-0.1, -0.05) is 11.8 Å². The van der Waals surface area contributed by atoms with Crippen LogP contribution in [0.5, 0.6) is 0 Å². The number of carbonyl (C=O) groups is 1. The lowest BCUT2D eigenvalue weighted by atomic mass is 10.1. The summed E-state index contributed by atoms with van der Waals surface area (Å²) in [5.41, 5.74) is 0.462. The minimum Gasteiger partial charge on any atom is -0.469 e. The zero-order valence-electron chi connectivity index (χ0n) is 12.1. The summed E-state index contributed by atoms with van der Waals surface area (Å²) in [6, 6.07) is 9.88. The SMILES string of the molecule is CC(CCc1ccco1)NC(=O)c1ccc(SC(F)F)cc1. The maximum Gasteiger partial charge on any atom is 0.288 e. The quantitative estimate of drug-likeness (QED) is 0.770. The number of aryl methyl sites for hydroxylation is 1. The van der Waals surface area contributed by atoms with E-state index in [1.54, 1.807) is 18.4 Å². The molecule has 1 N–H and O–H groups in total. The maximum atomic E-state index is 12.2. The van der Waals surface area contributed by atoms with Gasteiger partial charge in [0.2, 0.25) is 0 Å². The van der Waals surface area contributed by atoms with Gasteiger partial charge in [0, 0.05) is 22.9 Å². The van der Waals surface area contributed by atoms with Crippen molar-refractivity contribution in [2.45, 2.75) is 36.5 Å². The molecular formula is C16H17F2NO2S. The fourth-order valence-electron chi connectivity index (χ4n) is 1.98. The van der Waals surface area contributed by atoms with Gasteiger partial charge in [0.05, 0.1) is 6.26 Å². The van der Waals surface area contributed by atoms with Gasteiger partial charge in [-0.25, -0.2) is 0 Å². The van der Waals surface area contributed by atoms with Crippen LogP contribution in [0.3, 0.4) is 0 Å². The predicted molar refractivity (Wildman–Crippen MR) is 82.3 cm³/mol. The third-order valence-electron chi connectivity index (χ3n) is 3.12. The van der Waals surface area contributed by atoms with Crippen LogP contribution in [0.15, 0.2) is 52.0 Å². The Kier molecular flexibility index (Phi) is 6.00. The van der Waals surface area contributed by atoms with Crippen LogP contribution in [0.1, 0.15) is 29.5 Å². The topological polar surface area (TPSA) is 42.2 Å². The molecule has 0 bridgehead atoms. The van der Waals surface area contributed by atoms with Gasteiger partial charge in [0.25, 0.3) is 11.7 Å². The van der Waals surface area contributed by atoms with Crippen LogP contribution in [-0.2, 0) is 6.42 Å². The molecule has 0 aliphatic rings. The predicted octanol–water partition coefficient (Wildman–Crippen LogP) is 4.35. The lowest BCUT2D eigenvalue weighted by molar-refractivity contribution is 0.0938. The van der Waals surface area contributed by atoms with E-state index in [4.69, 9.17) is 4.42 Å². The van der Waals surface area contributed by atoms with Crippen LogP contribution < -0.4 is 5.32 Å². The first-order chi connectivity index (χ1) is 10.5. The van der Waals surface area contributed by atoms with Crippen molar-refractivity contribution in [3.63, 3.8) is 0 Å². The first kappa shape index (κ1) is 16.5. The first-order valence-electron chi connectivity index (χ1n) is 6.92. The maximum absolute atomic E-state index is 12.2. The highest BCUT2D eigenvalue weighted by Gasteiger charge is 2.11. The molecule has 6 heteroatoms. The zero-order chi connectivity index (χ0) is 15.9. The molecule has 0 saturated heterocycles. The summed E-state index contributed by atoms with van der Waals surface area (Å²) >= 11 is 0.464. The number of hydrogen-bond acceptors (Lipinski definition) is 3. The summed E-state index contributed by atoms with van der Waals surface area (Å²) in [5.74, 6) is -1.78. The smallest absolute Gasteiger partial charge is 0.288 e. The van der Waals surface area contributed by atoms with Gasteiger partial charge in [-0.3, -0.25) is 4.79 Å². The highest BCUT2D eigenvalue weighted by Crippen LogP contribution is 2.25. The Labute approximate surface area is 132 Å². The number of hydrogen-bond donors (Lipinski definition) is 1. The van der Waals surface area contributed by atoms with Crippen LogP contribution >= 0.6 is 11.8 Å². The Bertz CT molecular complexity index is 585. The Morgan fingerprint density at radius 1 is 1.27 bits per heavy atom. The molecule has 2 rings (SSSR count). The number of carbonyl (C=O) groups excluding carboxylic acids is 1. The molecule has 0 aliphatic carbocycles. The molecule has 2 aromatic rings. The first-order valence-corrected chi connectivity index (χ1v) is 7.80. The van der Waals surface area contributed by atoms with Gasteiger partial charge in [-0.05, 0) is 49.7 Å². The molecule has 1 atom stereocenters. The molecule has 0 aliphatic heterocycles. The van der Waals surface area contributed by atoms with Gasteiger partial charge < -0.3 is 9.73 Å². The van der Waals surface area contributed by atoms with Gasteiger partial charge in [0.1, 0.15) is 5.76 Å². The summed E-state index contributed by atoms with van der Waals surface area (Å²) in [6.45, 7) is 1.92. The van der Waals surface area contributed by atoms with Crippen molar-refractivity contribution >= 4 is 17.7 Å². The second-order valence-electron chi connectivity index (χ2n) is 4.90. The second-order valence-corrected chi connectivity index (χ2v) is 5.96. The second kappa shape index (κ2) is 7.98. The largest absolute Gasteiger partial charge is 0.469 e. The van der Waals surface area contributed by atoms with Crippen molar-refractivity contribution in [2.24, 2.45) is 0 Å². The molecular weight excluding hydrogens is 308 g/mol. The molecule has 0 spiro atoms. The van der Waals surface area contributed by atoms with Crippen molar-refractivity contribution in [3.8, 4) is 0 Å². The standard InChI is InChI=1S/C16H17F2NO2S/c1-11(4-7-13-3-2-10-21-13)19-15(20)12-5-8-14(9-6-12)22-16(17)18/h2-3,5-6,8-11,16H,4,7H2,1H3,(H,19,20). The van der Waals surface area contributed by atoms with Crippen molar-refractivity contribution in [2.75, 3.05) is 0 Å². The number of nitrogens with one attached hydrogen (secondary N) is 1. The van der Waals surface area contributed by atoms with E-state index >= 15 is 0 Å². The summed E-state index contributed by atoms with van der Waals surface area (Å²) < 4.78 is 29.7. The Hall–Kier alpha value is -1.82. The van der Waals surface area contributed by atoms with E-state index in [1.807, 2.05) is 19.1 Å². The van der Waals surface area contributed by atoms with Crippen LogP contribution in [0.4, 0.5) is 8.78 Å². The van der Waals surface area contributed by atoms with E-state index in [0.29, 0.717) is 22.2 Å². The molecule has 0 fully saturated rings. The summed E-state index contributed by atoms with van der Waals surface area (Å²) in [5, 5.41) is 2.88. The highest BCUT2D eigenvalue weighted by molar-refractivity contribution is 7.99. The normalized spacial score (nSPS) is 12.4. The van der Waals surface area contributed by atoms with E-state index in [1.165, 1.54) is 12.1 Å². The van der Waals surface area contributed by atoms with Crippen LogP contribution in [0.2, 0.25) is 0 Å². The summed E-state index contributed by atoms with van der Waals surface area (Å²) in [4.78, 5) is 12.5. The number of furan rings is 1. The molecule has 3 nitrogen and oxygen atoms in total. The van der Waals surface area contributed by atoms with E-state index in [9.17, 15) is 13.6 Å². The minimum absolute atomic E-state index is 0.00674. The molecule has 1 unspecified atom stereocenters. The van der Waals surface area contributed by atoms with Crippen molar-refractivity contribution < 1.29 is 18.0 Å². The average Bonchev–Trinajstić information content (AvgIpc) is 2.98. The third-order valence-corrected chi connectivity index (χ3v) is 3.85. The van der Waals surface area contributed by atoms with Crippen molar-refractivity contribution in [3.05, 3.63) is 54.0 Å². The molecule has 0 radical (unpaired) electrons. The third kappa shape index (κ3) is 5.18. The van der Waals surface area contributed by atoms with E-state index < -0.39 is 5.76 Å². The van der Waals surface area contributed by atoms with Gasteiger partial charge in [-0.15, -0.1) is 0 Å². The molecule has 1 heterocycles. The Balaban J connectivity index is 1.83. The van der Waals surface area contributed by atoms with Crippen molar-refractivity contribution in [1.82, 2.24) is 5.32 Å². The minimum atomic E-state index is -2.46. The fraction of sp³-hybridized carbons (Fsp3) is 0.312. The van der Waals surface area contributed by atoms with Crippen LogP contribution in [0, 0.1) is 0 Å². The summed E-state index contributed by atoms with van der Waals surface area (Å²) in [7, 11) is 0. The number of alkyl halides is 2. The Morgan fingerprint density at radius 3 is 2.59 bits per heavy atom. The molecule has 1 aromatic heterocycles. The van der Waals surface area contributed by atoms with Crippen molar-refractivity contribution in [1.29, 1.82) is 0 Å². The number of thioether (sulfide) groups is 1. The number of rotatable bonds is 7.